The second kappa shape index (κ2) is 5.36. The molecular weight excluding hydrogens is 296 g/mol. The molecule has 0 radical (unpaired) electrons. The average Bonchev–Trinajstić information content (AvgIpc) is 2.14. The summed E-state index contributed by atoms with van der Waals surface area (Å²) in [6, 6.07) is 5.98. The van der Waals surface area contributed by atoms with Crippen molar-refractivity contribution in [2.45, 2.75) is 20.8 Å². The van der Waals surface area contributed by atoms with Crippen LogP contribution in [-0.4, -0.2) is 18.6 Å². The Balaban J connectivity index is 3.10. The molecule has 2 N–H and O–H groups in total. The summed E-state index contributed by atoms with van der Waals surface area (Å²) in [6.45, 7) is 7.57. The van der Waals surface area contributed by atoms with Crippen molar-refractivity contribution in [1.82, 2.24) is 0 Å². The number of thiocarbonyl (C=S) groups is 1. The number of anilines is 1. The second-order valence-corrected chi connectivity index (χ2v) is 6.80. The third kappa shape index (κ3) is 4.28. The Hall–Kier alpha value is -0.610. The van der Waals surface area contributed by atoms with Gasteiger partial charge in [-0.15, -0.1) is 0 Å². The van der Waals surface area contributed by atoms with Gasteiger partial charge in [0.15, 0.2) is 0 Å². The molecule has 0 bridgehead atoms. The molecule has 0 fully saturated rings. The van der Waals surface area contributed by atoms with Crippen molar-refractivity contribution >= 4 is 38.8 Å². The predicted octanol–water partition coefficient (Wildman–Crippen LogP) is 3.57. The van der Waals surface area contributed by atoms with Crippen LogP contribution in [0, 0.1) is 5.41 Å². The van der Waals surface area contributed by atoms with E-state index in [1.54, 1.807) is 0 Å². The summed E-state index contributed by atoms with van der Waals surface area (Å²) < 4.78 is 1.04. The zero-order valence-corrected chi connectivity index (χ0v) is 13.2. The Morgan fingerprint density at radius 1 is 1.41 bits per heavy atom. The molecule has 1 rings (SSSR count). The largest absolute Gasteiger partial charge is 0.389 e. The van der Waals surface area contributed by atoms with Gasteiger partial charge in [0.25, 0.3) is 0 Å². The summed E-state index contributed by atoms with van der Waals surface area (Å²) in [6.07, 6.45) is 0. The standard InChI is InChI=1S/C13H19BrN2S/c1-13(2,3)8-16(4)11-7-9(14)5-6-10(11)12(15)17/h5-7H,8H2,1-4H3,(H2,15,17). The van der Waals surface area contributed by atoms with Crippen molar-refractivity contribution in [3.05, 3.63) is 28.2 Å². The summed E-state index contributed by atoms with van der Waals surface area (Å²) in [5.74, 6) is 0. The second-order valence-electron chi connectivity index (χ2n) is 5.44. The van der Waals surface area contributed by atoms with E-state index in [1.165, 1.54) is 0 Å². The first-order valence-electron chi connectivity index (χ1n) is 5.51. The summed E-state index contributed by atoms with van der Waals surface area (Å²) in [5, 5.41) is 0. The van der Waals surface area contributed by atoms with Gasteiger partial charge in [0.2, 0.25) is 0 Å². The van der Waals surface area contributed by atoms with Gasteiger partial charge in [-0.3, -0.25) is 0 Å². The molecule has 0 spiro atoms. The van der Waals surface area contributed by atoms with Gasteiger partial charge >= 0.3 is 0 Å². The Labute approximate surface area is 117 Å². The maximum atomic E-state index is 5.76. The molecule has 1 aromatic rings. The Morgan fingerprint density at radius 3 is 2.47 bits per heavy atom. The van der Waals surface area contributed by atoms with Crippen LogP contribution in [0.5, 0.6) is 0 Å². The first kappa shape index (κ1) is 14.5. The molecule has 0 saturated carbocycles. The van der Waals surface area contributed by atoms with Crippen LogP contribution >= 0.6 is 28.1 Å². The van der Waals surface area contributed by atoms with Gasteiger partial charge in [-0.05, 0) is 23.6 Å². The highest BCUT2D eigenvalue weighted by atomic mass is 79.9. The summed E-state index contributed by atoms with van der Waals surface area (Å²) in [4.78, 5) is 2.63. The van der Waals surface area contributed by atoms with E-state index in [4.69, 9.17) is 18.0 Å². The molecule has 0 unspecified atom stereocenters. The quantitative estimate of drug-likeness (QED) is 0.865. The van der Waals surface area contributed by atoms with E-state index in [0.717, 1.165) is 22.3 Å². The molecule has 0 aliphatic heterocycles. The molecule has 0 aromatic heterocycles. The van der Waals surface area contributed by atoms with Crippen molar-refractivity contribution in [2.75, 3.05) is 18.5 Å². The highest BCUT2D eigenvalue weighted by molar-refractivity contribution is 9.10. The predicted molar refractivity (Wildman–Crippen MR) is 82.8 cm³/mol. The lowest BCUT2D eigenvalue weighted by molar-refractivity contribution is 0.419. The van der Waals surface area contributed by atoms with Crippen LogP contribution in [0.3, 0.4) is 0 Å². The molecule has 2 nitrogen and oxygen atoms in total. The molecular formula is C13H19BrN2S. The molecule has 0 aliphatic carbocycles. The Bertz CT molecular complexity index is 424. The first-order chi connectivity index (χ1) is 7.70. The lowest BCUT2D eigenvalue weighted by Crippen LogP contribution is -2.30. The minimum absolute atomic E-state index is 0.227. The SMILES string of the molecule is CN(CC(C)(C)C)c1cc(Br)ccc1C(N)=S. The fourth-order valence-corrected chi connectivity index (χ4v) is 2.35. The third-order valence-corrected chi connectivity index (χ3v) is 3.06. The van der Waals surface area contributed by atoms with Crippen LogP contribution in [0.2, 0.25) is 0 Å². The first-order valence-corrected chi connectivity index (χ1v) is 6.71. The number of rotatable bonds is 3. The van der Waals surface area contributed by atoms with Crippen molar-refractivity contribution in [3.8, 4) is 0 Å². The maximum absolute atomic E-state index is 5.76. The maximum Gasteiger partial charge on any atom is 0.106 e. The van der Waals surface area contributed by atoms with Gasteiger partial charge in [0, 0.05) is 29.3 Å². The molecule has 17 heavy (non-hydrogen) atoms. The van der Waals surface area contributed by atoms with Gasteiger partial charge in [0.05, 0.1) is 0 Å². The molecule has 94 valence electrons. The normalized spacial score (nSPS) is 11.4. The van der Waals surface area contributed by atoms with E-state index in [1.807, 2.05) is 12.1 Å². The minimum Gasteiger partial charge on any atom is -0.389 e. The van der Waals surface area contributed by atoms with Gasteiger partial charge in [-0.25, -0.2) is 0 Å². The molecule has 0 amide bonds. The van der Waals surface area contributed by atoms with Crippen molar-refractivity contribution in [1.29, 1.82) is 0 Å². The van der Waals surface area contributed by atoms with Gasteiger partial charge in [-0.1, -0.05) is 48.9 Å². The molecule has 0 heterocycles. The lowest BCUT2D eigenvalue weighted by Gasteiger charge is -2.29. The number of halogens is 1. The highest BCUT2D eigenvalue weighted by Gasteiger charge is 2.17. The summed E-state index contributed by atoms with van der Waals surface area (Å²) in [7, 11) is 2.06. The van der Waals surface area contributed by atoms with Crippen LogP contribution in [0.15, 0.2) is 22.7 Å². The topological polar surface area (TPSA) is 29.3 Å². The number of hydrogen-bond donors (Lipinski definition) is 1. The molecule has 0 saturated heterocycles. The van der Waals surface area contributed by atoms with E-state index in [0.29, 0.717) is 4.99 Å². The number of nitrogens with two attached hydrogens (primary N) is 1. The molecule has 0 aliphatic rings. The van der Waals surface area contributed by atoms with Gasteiger partial charge in [0.1, 0.15) is 4.99 Å². The van der Waals surface area contributed by atoms with Gasteiger partial charge in [-0.2, -0.15) is 0 Å². The summed E-state index contributed by atoms with van der Waals surface area (Å²) >= 11 is 8.57. The fourth-order valence-electron chi connectivity index (χ4n) is 1.83. The molecule has 0 atom stereocenters. The van der Waals surface area contributed by atoms with Crippen LogP contribution in [-0.2, 0) is 0 Å². The van der Waals surface area contributed by atoms with E-state index in [-0.39, 0.29) is 5.41 Å². The van der Waals surface area contributed by atoms with Crippen molar-refractivity contribution in [3.63, 3.8) is 0 Å². The zero-order valence-electron chi connectivity index (χ0n) is 10.7. The number of hydrogen-bond acceptors (Lipinski definition) is 2. The van der Waals surface area contributed by atoms with Crippen molar-refractivity contribution in [2.24, 2.45) is 11.1 Å². The smallest absolute Gasteiger partial charge is 0.106 e. The van der Waals surface area contributed by atoms with E-state index >= 15 is 0 Å². The summed E-state index contributed by atoms with van der Waals surface area (Å²) in [5.41, 5.74) is 7.98. The monoisotopic (exact) mass is 314 g/mol. The number of benzene rings is 1. The van der Waals surface area contributed by atoms with Crippen LogP contribution < -0.4 is 10.6 Å². The van der Waals surface area contributed by atoms with Crippen molar-refractivity contribution < 1.29 is 0 Å². The van der Waals surface area contributed by atoms with Crippen LogP contribution in [0.4, 0.5) is 5.69 Å². The van der Waals surface area contributed by atoms with E-state index in [2.05, 4.69) is 54.7 Å². The van der Waals surface area contributed by atoms with Crippen LogP contribution in [0.25, 0.3) is 0 Å². The number of nitrogens with zero attached hydrogens (tertiary/aromatic N) is 1. The average molecular weight is 315 g/mol. The Morgan fingerprint density at radius 2 is 2.00 bits per heavy atom. The lowest BCUT2D eigenvalue weighted by atomic mass is 9.95. The molecule has 4 heteroatoms. The van der Waals surface area contributed by atoms with Gasteiger partial charge < -0.3 is 10.6 Å². The van der Waals surface area contributed by atoms with Crippen LogP contribution in [0.1, 0.15) is 26.3 Å². The third-order valence-electron chi connectivity index (χ3n) is 2.35. The van der Waals surface area contributed by atoms with E-state index in [9.17, 15) is 0 Å². The molecule has 1 aromatic carbocycles. The van der Waals surface area contributed by atoms with E-state index < -0.39 is 0 Å². The Kier molecular flexibility index (Phi) is 4.55. The fraction of sp³-hybridized carbons (Fsp3) is 0.462. The minimum atomic E-state index is 0.227. The zero-order chi connectivity index (χ0) is 13.2. The highest BCUT2D eigenvalue weighted by Crippen LogP contribution is 2.27.